The summed E-state index contributed by atoms with van der Waals surface area (Å²) in [6, 6.07) is 7.85. The molecule has 0 bridgehead atoms. The number of aryl methyl sites for hydroxylation is 1. The van der Waals surface area contributed by atoms with Gasteiger partial charge in [0.25, 0.3) is 0 Å². The monoisotopic (exact) mass is 276 g/mol. The van der Waals surface area contributed by atoms with Gasteiger partial charge >= 0.3 is 5.97 Å². The van der Waals surface area contributed by atoms with Crippen molar-refractivity contribution in [2.24, 2.45) is 0 Å². The molecule has 0 fully saturated rings. The highest BCUT2D eigenvalue weighted by atomic mass is 16.4. The third-order valence-corrected chi connectivity index (χ3v) is 3.47. The lowest BCUT2D eigenvalue weighted by molar-refractivity contribution is -0.137. The van der Waals surface area contributed by atoms with Crippen molar-refractivity contribution in [3.8, 4) is 0 Å². The smallest absolute Gasteiger partial charge is 0.303 e. The summed E-state index contributed by atoms with van der Waals surface area (Å²) < 4.78 is 0. The molecular weight excluding hydrogens is 252 g/mol. The first-order chi connectivity index (χ1) is 9.59. The number of ketones is 1. The minimum absolute atomic E-state index is 0.109. The summed E-state index contributed by atoms with van der Waals surface area (Å²) in [6.45, 7) is 1.58. The Morgan fingerprint density at radius 2 is 1.45 bits per heavy atom. The fourth-order valence-corrected chi connectivity index (χ4v) is 2.22. The van der Waals surface area contributed by atoms with Crippen LogP contribution < -0.4 is 0 Å². The molecule has 1 aromatic carbocycles. The van der Waals surface area contributed by atoms with Crippen LogP contribution in [0, 0.1) is 0 Å². The molecule has 3 heteroatoms. The maximum Gasteiger partial charge on any atom is 0.303 e. The number of carboxylic acids is 1. The van der Waals surface area contributed by atoms with Gasteiger partial charge in [0.15, 0.2) is 5.78 Å². The Kier molecular flexibility index (Phi) is 7.63. The number of benzene rings is 1. The second kappa shape index (κ2) is 9.29. The van der Waals surface area contributed by atoms with Gasteiger partial charge in [-0.25, -0.2) is 0 Å². The van der Waals surface area contributed by atoms with E-state index in [1.54, 1.807) is 6.92 Å². The molecule has 1 rings (SSSR count). The molecule has 0 saturated heterocycles. The maximum atomic E-state index is 11.1. The van der Waals surface area contributed by atoms with Crippen molar-refractivity contribution < 1.29 is 14.7 Å². The van der Waals surface area contributed by atoms with Crippen molar-refractivity contribution in [2.75, 3.05) is 0 Å². The van der Waals surface area contributed by atoms with Gasteiger partial charge in [-0.05, 0) is 31.7 Å². The Labute approximate surface area is 121 Å². The van der Waals surface area contributed by atoms with E-state index in [0.717, 1.165) is 37.7 Å². The van der Waals surface area contributed by atoms with E-state index in [0.29, 0.717) is 6.42 Å². The number of carboxylic acid groups (broad SMARTS) is 1. The predicted octanol–water partition coefficient (Wildman–Crippen LogP) is 4.25. The molecule has 0 saturated carbocycles. The summed E-state index contributed by atoms with van der Waals surface area (Å²) >= 11 is 0. The minimum atomic E-state index is -0.695. The summed E-state index contributed by atoms with van der Waals surface area (Å²) in [7, 11) is 0. The second-order valence-electron chi connectivity index (χ2n) is 5.27. The highest BCUT2D eigenvalue weighted by Gasteiger charge is 2.00. The molecule has 1 N–H and O–H groups in total. The molecule has 0 aromatic heterocycles. The molecule has 20 heavy (non-hydrogen) atoms. The Hall–Kier alpha value is -1.64. The molecule has 0 aliphatic rings. The van der Waals surface area contributed by atoms with E-state index in [1.807, 2.05) is 24.3 Å². The quantitative estimate of drug-likeness (QED) is 0.513. The molecule has 0 amide bonds. The van der Waals surface area contributed by atoms with Crippen molar-refractivity contribution in [1.29, 1.82) is 0 Å². The van der Waals surface area contributed by atoms with E-state index in [2.05, 4.69) is 0 Å². The number of carbonyl (C=O) groups excluding carboxylic acids is 1. The first-order valence-corrected chi connectivity index (χ1v) is 7.41. The average Bonchev–Trinajstić information content (AvgIpc) is 2.42. The standard InChI is InChI=1S/C17H24O3/c1-14(18)16-12-10-15(11-13-16)8-6-4-2-3-5-7-9-17(19)20/h10-13H,2-9H2,1H3,(H,19,20). The number of hydrogen-bond donors (Lipinski definition) is 1. The summed E-state index contributed by atoms with van der Waals surface area (Å²) in [4.78, 5) is 21.5. The van der Waals surface area contributed by atoms with E-state index >= 15 is 0 Å². The van der Waals surface area contributed by atoms with Gasteiger partial charge in [-0.1, -0.05) is 49.9 Å². The van der Waals surface area contributed by atoms with E-state index in [4.69, 9.17) is 5.11 Å². The van der Waals surface area contributed by atoms with Gasteiger partial charge in [0, 0.05) is 12.0 Å². The molecule has 1 aromatic rings. The van der Waals surface area contributed by atoms with Crippen LogP contribution in [0.15, 0.2) is 24.3 Å². The molecule has 0 aliphatic carbocycles. The van der Waals surface area contributed by atoms with Gasteiger partial charge in [-0.3, -0.25) is 9.59 Å². The molecule has 0 heterocycles. The zero-order chi connectivity index (χ0) is 14.8. The van der Waals surface area contributed by atoms with Crippen molar-refractivity contribution in [3.63, 3.8) is 0 Å². The van der Waals surface area contributed by atoms with E-state index < -0.39 is 5.97 Å². The molecule has 0 atom stereocenters. The predicted molar refractivity (Wildman–Crippen MR) is 80.1 cm³/mol. The summed E-state index contributed by atoms with van der Waals surface area (Å²) in [6.07, 6.45) is 7.78. The first kappa shape index (κ1) is 16.4. The van der Waals surface area contributed by atoms with Crippen molar-refractivity contribution in [1.82, 2.24) is 0 Å². The minimum Gasteiger partial charge on any atom is -0.481 e. The number of carbonyl (C=O) groups is 2. The third kappa shape index (κ3) is 7.07. The van der Waals surface area contributed by atoms with Gasteiger partial charge in [-0.2, -0.15) is 0 Å². The maximum absolute atomic E-state index is 11.1. The second-order valence-corrected chi connectivity index (χ2v) is 5.27. The summed E-state index contributed by atoms with van der Waals surface area (Å²) in [5, 5.41) is 8.51. The Bertz CT molecular complexity index is 420. The van der Waals surface area contributed by atoms with Crippen LogP contribution in [0.4, 0.5) is 0 Å². The van der Waals surface area contributed by atoms with E-state index in [1.165, 1.54) is 18.4 Å². The molecule has 0 radical (unpaired) electrons. The van der Waals surface area contributed by atoms with Gasteiger partial charge < -0.3 is 5.11 Å². The SMILES string of the molecule is CC(=O)c1ccc(CCCCCCCCC(=O)O)cc1. The van der Waals surface area contributed by atoms with Gasteiger partial charge in [0.2, 0.25) is 0 Å². The Morgan fingerprint density at radius 1 is 0.900 bits per heavy atom. The zero-order valence-corrected chi connectivity index (χ0v) is 12.2. The average molecular weight is 276 g/mol. The van der Waals surface area contributed by atoms with Crippen LogP contribution >= 0.6 is 0 Å². The lowest BCUT2D eigenvalue weighted by Gasteiger charge is -2.03. The van der Waals surface area contributed by atoms with Crippen molar-refractivity contribution >= 4 is 11.8 Å². The third-order valence-electron chi connectivity index (χ3n) is 3.47. The van der Waals surface area contributed by atoms with Crippen molar-refractivity contribution in [2.45, 2.75) is 58.3 Å². The highest BCUT2D eigenvalue weighted by Crippen LogP contribution is 2.12. The fourth-order valence-electron chi connectivity index (χ4n) is 2.22. The highest BCUT2D eigenvalue weighted by molar-refractivity contribution is 5.93. The summed E-state index contributed by atoms with van der Waals surface area (Å²) in [5.41, 5.74) is 2.05. The molecule has 3 nitrogen and oxygen atoms in total. The van der Waals surface area contributed by atoms with Crippen LogP contribution in [-0.2, 0) is 11.2 Å². The van der Waals surface area contributed by atoms with Crippen molar-refractivity contribution in [3.05, 3.63) is 35.4 Å². The number of unbranched alkanes of at least 4 members (excludes halogenated alkanes) is 5. The lowest BCUT2D eigenvalue weighted by Crippen LogP contribution is -1.94. The number of aliphatic carboxylic acids is 1. The largest absolute Gasteiger partial charge is 0.481 e. The number of rotatable bonds is 10. The zero-order valence-electron chi connectivity index (χ0n) is 12.2. The molecule has 0 aliphatic heterocycles. The number of hydrogen-bond acceptors (Lipinski definition) is 2. The topological polar surface area (TPSA) is 54.4 Å². The van der Waals surface area contributed by atoms with Gasteiger partial charge in [-0.15, -0.1) is 0 Å². The Balaban J connectivity index is 2.06. The molecule has 110 valence electrons. The fraction of sp³-hybridized carbons (Fsp3) is 0.529. The van der Waals surface area contributed by atoms with Crippen LogP contribution in [0.2, 0.25) is 0 Å². The summed E-state index contributed by atoms with van der Waals surface area (Å²) in [5.74, 6) is -0.586. The van der Waals surface area contributed by atoms with Crippen LogP contribution in [-0.4, -0.2) is 16.9 Å². The molecular formula is C17H24O3. The molecule has 0 unspecified atom stereocenters. The van der Waals surface area contributed by atoms with Crippen LogP contribution in [0.3, 0.4) is 0 Å². The van der Waals surface area contributed by atoms with Crippen LogP contribution in [0.25, 0.3) is 0 Å². The number of Topliss-reactive ketones (excluding diaryl/α,β-unsaturated/α-hetero) is 1. The normalized spacial score (nSPS) is 10.4. The van der Waals surface area contributed by atoms with Crippen LogP contribution in [0.5, 0.6) is 0 Å². The van der Waals surface area contributed by atoms with Gasteiger partial charge in [0.1, 0.15) is 0 Å². The lowest BCUT2D eigenvalue weighted by atomic mass is 10.0. The van der Waals surface area contributed by atoms with E-state index in [-0.39, 0.29) is 5.78 Å². The van der Waals surface area contributed by atoms with Gasteiger partial charge in [0.05, 0.1) is 0 Å². The molecule has 0 spiro atoms. The van der Waals surface area contributed by atoms with Crippen LogP contribution in [0.1, 0.15) is 67.8 Å². The van der Waals surface area contributed by atoms with E-state index in [9.17, 15) is 9.59 Å². The first-order valence-electron chi connectivity index (χ1n) is 7.41. The Morgan fingerprint density at radius 3 is 2.00 bits per heavy atom.